The lowest BCUT2D eigenvalue weighted by Gasteiger charge is -2.14. The van der Waals surface area contributed by atoms with Gasteiger partial charge in [0.25, 0.3) is 5.69 Å². The molecule has 8 heteroatoms. The number of nitro benzene ring substituents is 1. The Hall–Kier alpha value is -2.48. The number of nitrogens with one attached hydrogen (secondary N) is 2. The van der Waals surface area contributed by atoms with Crippen LogP contribution in [0.3, 0.4) is 0 Å². The van der Waals surface area contributed by atoms with E-state index in [0.717, 1.165) is 0 Å². The minimum atomic E-state index is -0.468. The Balaban J connectivity index is 2.33. The molecule has 0 unspecified atom stereocenters. The topological polar surface area (TPSA) is 97.2 Å². The molecule has 0 aliphatic carbocycles. The van der Waals surface area contributed by atoms with Gasteiger partial charge in [0.1, 0.15) is 16.1 Å². The molecule has 120 valence electrons. The predicted octanol–water partition coefficient (Wildman–Crippen LogP) is 3.69. The van der Waals surface area contributed by atoms with Crippen molar-refractivity contribution in [3.05, 3.63) is 56.7 Å². The Morgan fingerprint density at radius 2 is 2.09 bits per heavy atom. The van der Waals surface area contributed by atoms with Gasteiger partial charge in [0, 0.05) is 13.0 Å². The summed E-state index contributed by atoms with van der Waals surface area (Å²) in [7, 11) is 0. The average Bonchev–Trinajstić information content (AvgIpc) is 2.46. The number of nitro groups is 1. The van der Waals surface area contributed by atoms with E-state index >= 15 is 0 Å². The SMILES string of the molecule is CC(=O)N[C@H](C)c1ccc(Nc2cccc(Br)n2)c([N+](=O)[O-])c1. The normalized spacial score (nSPS) is 11.6. The Morgan fingerprint density at radius 3 is 2.70 bits per heavy atom. The first-order valence-electron chi connectivity index (χ1n) is 6.82. The molecule has 0 saturated heterocycles. The van der Waals surface area contributed by atoms with Gasteiger partial charge >= 0.3 is 0 Å². The number of rotatable bonds is 5. The van der Waals surface area contributed by atoms with E-state index in [1.165, 1.54) is 13.0 Å². The molecule has 0 radical (unpaired) electrons. The Morgan fingerprint density at radius 1 is 1.35 bits per heavy atom. The number of hydrogen-bond acceptors (Lipinski definition) is 5. The number of hydrogen-bond donors (Lipinski definition) is 2. The summed E-state index contributed by atoms with van der Waals surface area (Å²) in [6.07, 6.45) is 0. The first-order chi connectivity index (χ1) is 10.9. The second-order valence-electron chi connectivity index (χ2n) is 4.93. The first kappa shape index (κ1) is 16.9. The largest absolute Gasteiger partial charge is 0.350 e. The van der Waals surface area contributed by atoms with Gasteiger partial charge in [0.15, 0.2) is 0 Å². The molecule has 0 spiro atoms. The molecule has 0 bridgehead atoms. The van der Waals surface area contributed by atoms with Crippen molar-refractivity contribution in [2.24, 2.45) is 0 Å². The number of anilines is 2. The highest BCUT2D eigenvalue weighted by Gasteiger charge is 2.18. The van der Waals surface area contributed by atoms with Crippen LogP contribution in [0.2, 0.25) is 0 Å². The van der Waals surface area contributed by atoms with Crippen LogP contribution in [0.25, 0.3) is 0 Å². The zero-order valence-electron chi connectivity index (χ0n) is 12.5. The number of halogens is 1. The standard InChI is InChI=1S/C15H15BrN4O3/c1-9(17-10(2)21)11-6-7-12(13(8-11)20(22)23)18-15-5-3-4-14(16)19-15/h3-9H,1-2H3,(H,17,21)(H,18,19)/t9-/m1/s1. The van der Waals surface area contributed by atoms with Crippen LogP contribution < -0.4 is 10.6 Å². The number of carbonyl (C=O) groups is 1. The molecule has 1 aromatic carbocycles. The summed E-state index contributed by atoms with van der Waals surface area (Å²) in [5.74, 6) is 0.297. The van der Waals surface area contributed by atoms with E-state index in [2.05, 4.69) is 31.5 Å². The van der Waals surface area contributed by atoms with Crippen LogP contribution in [0, 0.1) is 10.1 Å². The lowest BCUT2D eigenvalue weighted by molar-refractivity contribution is -0.384. The highest BCUT2D eigenvalue weighted by Crippen LogP contribution is 2.30. The van der Waals surface area contributed by atoms with Crippen molar-refractivity contribution in [2.45, 2.75) is 19.9 Å². The zero-order valence-corrected chi connectivity index (χ0v) is 14.1. The highest BCUT2D eigenvalue weighted by molar-refractivity contribution is 9.10. The molecule has 1 aromatic heterocycles. The number of aromatic nitrogens is 1. The maximum atomic E-state index is 11.3. The number of amides is 1. The van der Waals surface area contributed by atoms with Crippen molar-refractivity contribution >= 4 is 39.0 Å². The summed E-state index contributed by atoms with van der Waals surface area (Å²) in [4.78, 5) is 26.2. The summed E-state index contributed by atoms with van der Waals surface area (Å²) in [6.45, 7) is 3.17. The van der Waals surface area contributed by atoms with Crippen LogP contribution in [0.5, 0.6) is 0 Å². The number of benzene rings is 1. The molecular formula is C15H15BrN4O3. The van der Waals surface area contributed by atoms with Crippen LogP contribution >= 0.6 is 15.9 Å². The fraction of sp³-hybridized carbons (Fsp3) is 0.200. The van der Waals surface area contributed by atoms with Gasteiger partial charge in [-0.1, -0.05) is 12.1 Å². The number of pyridine rings is 1. The molecule has 0 aliphatic rings. The molecule has 0 saturated carbocycles. The predicted molar refractivity (Wildman–Crippen MR) is 90.5 cm³/mol. The Kier molecular flexibility index (Phi) is 5.28. The van der Waals surface area contributed by atoms with Gasteiger partial charge in [-0.05, 0) is 46.6 Å². The molecule has 1 atom stereocenters. The van der Waals surface area contributed by atoms with E-state index in [-0.39, 0.29) is 17.6 Å². The fourth-order valence-electron chi connectivity index (χ4n) is 2.08. The summed E-state index contributed by atoms with van der Waals surface area (Å²) in [5.41, 5.74) is 0.903. The zero-order chi connectivity index (χ0) is 17.0. The van der Waals surface area contributed by atoms with Crippen LogP contribution in [-0.4, -0.2) is 15.8 Å². The quantitative estimate of drug-likeness (QED) is 0.469. The van der Waals surface area contributed by atoms with Gasteiger partial charge in [-0.3, -0.25) is 14.9 Å². The molecule has 0 fully saturated rings. The third-order valence-electron chi connectivity index (χ3n) is 3.12. The van der Waals surface area contributed by atoms with E-state index in [4.69, 9.17) is 0 Å². The summed E-state index contributed by atoms with van der Waals surface area (Å²) < 4.78 is 0.626. The fourth-order valence-corrected chi connectivity index (χ4v) is 2.42. The molecule has 0 aliphatic heterocycles. The Bertz CT molecular complexity index is 751. The minimum Gasteiger partial charge on any atom is -0.350 e. The maximum absolute atomic E-state index is 11.3. The molecule has 7 nitrogen and oxygen atoms in total. The minimum absolute atomic E-state index is 0.0820. The molecular weight excluding hydrogens is 364 g/mol. The van der Waals surface area contributed by atoms with Crippen molar-refractivity contribution in [1.29, 1.82) is 0 Å². The summed E-state index contributed by atoms with van der Waals surface area (Å²) in [5, 5.41) is 17.0. The van der Waals surface area contributed by atoms with Crippen LogP contribution in [0.4, 0.5) is 17.2 Å². The third kappa shape index (κ3) is 4.49. The second-order valence-corrected chi connectivity index (χ2v) is 5.74. The summed E-state index contributed by atoms with van der Waals surface area (Å²) >= 11 is 3.25. The monoisotopic (exact) mass is 378 g/mol. The first-order valence-corrected chi connectivity index (χ1v) is 7.61. The number of carbonyl (C=O) groups excluding carboxylic acids is 1. The molecule has 2 rings (SSSR count). The van der Waals surface area contributed by atoms with Gasteiger partial charge in [-0.25, -0.2) is 4.98 Å². The molecule has 1 heterocycles. The maximum Gasteiger partial charge on any atom is 0.293 e. The van der Waals surface area contributed by atoms with Crippen molar-refractivity contribution in [2.75, 3.05) is 5.32 Å². The van der Waals surface area contributed by atoms with Gasteiger partial charge in [0.2, 0.25) is 5.91 Å². The lowest BCUT2D eigenvalue weighted by Crippen LogP contribution is -2.23. The van der Waals surface area contributed by atoms with E-state index in [1.54, 1.807) is 37.3 Å². The average molecular weight is 379 g/mol. The molecule has 2 N–H and O–H groups in total. The van der Waals surface area contributed by atoms with Crippen molar-refractivity contribution in [3.63, 3.8) is 0 Å². The van der Waals surface area contributed by atoms with Gasteiger partial charge in [-0.2, -0.15) is 0 Å². The van der Waals surface area contributed by atoms with E-state index in [9.17, 15) is 14.9 Å². The van der Waals surface area contributed by atoms with Gasteiger partial charge in [0.05, 0.1) is 11.0 Å². The van der Waals surface area contributed by atoms with Crippen molar-refractivity contribution in [3.8, 4) is 0 Å². The van der Waals surface area contributed by atoms with E-state index in [1.807, 2.05) is 0 Å². The van der Waals surface area contributed by atoms with E-state index < -0.39 is 4.92 Å². The van der Waals surface area contributed by atoms with Crippen LogP contribution in [0.15, 0.2) is 41.0 Å². The van der Waals surface area contributed by atoms with Gasteiger partial charge < -0.3 is 10.6 Å². The Labute approximate surface area is 141 Å². The van der Waals surface area contributed by atoms with E-state index in [0.29, 0.717) is 21.7 Å². The molecule has 1 amide bonds. The smallest absolute Gasteiger partial charge is 0.293 e. The summed E-state index contributed by atoms with van der Waals surface area (Å²) in [6, 6.07) is 9.71. The third-order valence-corrected chi connectivity index (χ3v) is 3.56. The molecule has 2 aromatic rings. The van der Waals surface area contributed by atoms with Crippen molar-refractivity contribution < 1.29 is 9.72 Å². The van der Waals surface area contributed by atoms with Crippen molar-refractivity contribution in [1.82, 2.24) is 10.3 Å². The van der Waals surface area contributed by atoms with Crippen LogP contribution in [-0.2, 0) is 4.79 Å². The highest BCUT2D eigenvalue weighted by atomic mass is 79.9. The lowest BCUT2D eigenvalue weighted by atomic mass is 10.1. The second kappa shape index (κ2) is 7.19. The molecule has 23 heavy (non-hydrogen) atoms. The van der Waals surface area contributed by atoms with Gasteiger partial charge in [-0.15, -0.1) is 0 Å². The van der Waals surface area contributed by atoms with Crippen LogP contribution in [0.1, 0.15) is 25.5 Å². The number of nitrogens with zero attached hydrogens (tertiary/aromatic N) is 2.